The van der Waals surface area contributed by atoms with Gasteiger partial charge in [-0.25, -0.2) is 9.78 Å². The van der Waals surface area contributed by atoms with Crippen molar-refractivity contribution < 1.29 is 9.53 Å². The molecule has 1 aliphatic heterocycles. The van der Waals surface area contributed by atoms with Gasteiger partial charge in [-0.1, -0.05) is 12.1 Å². The standard InChI is InChI=1S/C21H24N4O2S/c1-3-22-21(26)25-10-8-24(9-11-25)19-14-18(23-17-7-12-28-20(17)19)15-5-4-6-16(13-15)27-2/h4-7,12-14H,3,8-11H2,1-2H3,(H,22,26). The number of thiophene rings is 1. The number of carbonyl (C=O) groups is 1. The van der Waals surface area contributed by atoms with Gasteiger partial charge in [0.15, 0.2) is 0 Å². The van der Waals surface area contributed by atoms with Crippen LogP contribution in [0.5, 0.6) is 5.75 Å². The van der Waals surface area contributed by atoms with Gasteiger partial charge in [-0.3, -0.25) is 0 Å². The van der Waals surface area contributed by atoms with E-state index in [-0.39, 0.29) is 6.03 Å². The summed E-state index contributed by atoms with van der Waals surface area (Å²) in [4.78, 5) is 21.2. The number of piperazine rings is 1. The van der Waals surface area contributed by atoms with E-state index in [1.165, 1.54) is 10.4 Å². The fourth-order valence-electron chi connectivity index (χ4n) is 3.52. The minimum absolute atomic E-state index is 0.0234. The number of carbonyl (C=O) groups excluding carboxylic acids is 1. The predicted octanol–water partition coefficient (Wildman–Crippen LogP) is 3.82. The van der Waals surface area contributed by atoms with Gasteiger partial charge in [0, 0.05) is 38.3 Å². The molecule has 28 heavy (non-hydrogen) atoms. The number of pyridine rings is 1. The second-order valence-corrected chi connectivity index (χ2v) is 7.62. The number of fused-ring (bicyclic) bond motifs is 1. The van der Waals surface area contributed by atoms with E-state index in [2.05, 4.69) is 33.8 Å². The molecule has 0 atom stereocenters. The van der Waals surface area contributed by atoms with Gasteiger partial charge in [-0.15, -0.1) is 11.3 Å². The molecule has 0 saturated carbocycles. The first kappa shape index (κ1) is 18.6. The number of benzene rings is 1. The second kappa shape index (κ2) is 8.06. The minimum Gasteiger partial charge on any atom is -0.497 e. The Morgan fingerprint density at radius 3 is 2.79 bits per heavy atom. The topological polar surface area (TPSA) is 57.7 Å². The zero-order valence-electron chi connectivity index (χ0n) is 16.1. The van der Waals surface area contributed by atoms with Gasteiger partial charge in [0.25, 0.3) is 0 Å². The number of nitrogens with zero attached hydrogens (tertiary/aromatic N) is 3. The van der Waals surface area contributed by atoms with E-state index in [4.69, 9.17) is 9.72 Å². The van der Waals surface area contributed by atoms with Crippen molar-refractivity contribution in [3.8, 4) is 17.0 Å². The Hall–Kier alpha value is -2.80. The first-order valence-electron chi connectivity index (χ1n) is 9.50. The number of nitrogens with one attached hydrogen (secondary N) is 1. The smallest absolute Gasteiger partial charge is 0.317 e. The lowest BCUT2D eigenvalue weighted by molar-refractivity contribution is 0.195. The molecular weight excluding hydrogens is 372 g/mol. The first-order valence-corrected chi connectivity index (χ1v) is 10.4. The van der Waals surface area contributed by atoms with Crippen molar-refractivity contribution >= 4 is 33.3 Å². The highest BCUT2D eigenvalue weighted by Gasteiger charge is 2.23. The largest absolute Gasteiger partial charge is 0.497 e. The SMILES string of the molecule is CCNC(=O)N1CCN(c2cc(-c3cccc(OC)c3)nc3ccsc23)CC1. The number of methoxy groups -OCH3 is 1. The molecule has 0 aliphatic carbocycles. The average Bonchev–Trinajstić information content (AvgIpc) is 3.22. The predicted molar refractivity (Wildman–Crippen MR) is 114 cm³/mol. The van der Waals surface area contributed by atoms with Gasteiger partial charge in [-0.2, -0.15) is 0 Å². The van der Waals surface area contributed by atoms with Crippen LogP contribution in [0.3, 0.4) is 0 Å². The van der Waals surface area contributed by atoms with Crippen LogP contribution < -0.4 is 15.0 Å². The van der Waals surface area contributed by atoms with E-state index >= 15 is 0 Å². The third-order valence-electron chi connectivity index (χ3n) is 4.99. The van der Waals surface area contributed by atoms with Crippen LogP contribution >= 0.6 is 11.3 Å². The quantitative estimate of drug-likeness (QED) is 0.728. The molecule has 6 nitrogen and oxygen atoms in total. The van der Waals surface area contributed by atoms with Crippen molar-refractivity contribution in [2.24, 2.45) is 0 Å². The van der Waals surface area contributed by atoms with Gasteiger partial charge in [0.2, 0.25) is 0 Å². The molecule has 0 unspecified atom stereocenters. The molecule has 1 fully saturated rings. The molecule has 146 valence electrons. The molecule has 2 aromatic heterocycles. The molecule has 0 spiro atoms. The van der Waals surface area contributed by atoms with Crippen LogP contribution in [0.25, 0.3) is 21.5 Å². The van der Waals surface area contributed by atoms with Crippen molar-refractivity contribution in [2.45, 2.75) is 6.92 Å². The Morgan fingerprint density at radius 2 is 2.04 bits per heavy atom. The van der Waals surface area contributed by atoms with Gasteiger partial charge in [0.05, 0.1) is 28.7 Å². The Labute approximate surface area is 168 Å². The molecule has 1 N–H and O–H groups in total. The molecule has 3 aromatic rings. The van der Waals surface area contributed by atoms with Crippen LogP contribution in [-0.4, -0.2) is 55.7 Å². The monoisotopic (exact) mass is 396 g/mol. The molecule has 3 heterocycles. The number of hydrogen-bond acceptors (Lipinski definition) is 5. The summed E-state index contributed by atoms with van der Waals surface area (Å²) in [6, 6.07) is 12.2. The number of ether oxygens (including phenoxy) is 1. The Bertz CT molecular complexity index is 979. The third-order valence-corrected chi connectivity index (χ3v) is 5.92. The minimum atomic E-state index is 0.0234. The second-order valence-electron chi connectivity index (χ2n) is 6.70. The number of rotatable bonds is 4. The average molecular weight is 397 g/mol. The van der Waals surface area contributed by atoms with Gasteiger partial charge in [-0.05, 0) is 36.6 Å². The first-order chi connectivity index (χ1) is 13.7. The fraction of sp³-hybridized carbons (Fsp3) is 0.333. The number of amides is 2. The van der Waals surface area contributed by atoms with Crippen molar-refractivity contribution in [3.05, 3.63) is 41.8 Å². The lowest BCUT2D eigenvalue weighted by Gasteiger charge is -2.36. The molecule has 1 aromatic carbocycles. The van der Waals surface area contributed by atoms with Gasteiger partial charge < -0.3 is 19.9 Å². The number of anilines is 1. The van der Waals surface area contributed by atoms with E-state index in [0.29, 0.717) is 6.54 Å². The maximum atomic E-state index is 12.1. The van der Waals surface area contributed by atoms with Crippen LogP contribution in [0.1, 0.15) is 6.92 Å². The summed E-state index contributed by atoms with van der Waals surface area (Å²) in [6.45, 7) is 5.66. The third kappa shape index (κ3) is 3.62. The van der Waals surface area contributed by atoms with Crippen molar-refractivity contribution in [3.63, 3.8) is 0 Å². The fourth-order valence-corrected chi connectivity index (χ4v) is 4.39. The number of aromatic nitrogens is 1. The van der Waals surface area contributed by atoms with Crippen LogP contribution in [-0.2, 0) is 0 Å². The Kier molecular flexibility index (Phi) is 5.34. The summed E-state index contributed by atoms with van der Waals surface area (Å²) in [5, 5.41) is 4.97. The molecule has 0 radical (unpaired) electrons. The normalized spacial score (nSPS) is 14.4. The molecule has 1 saturated heterocycles. The molecule has 4 rings (SSSR count). The molecule has 7 heteroatoms. The van der Waals surface area contributed by atoms with Crippen molar-refractivity contribution in [1.29, 1.82) is 0 Å². The van der Waals surface area contributed by atoms with E-state index in [1.54, 1.807) is 18.4 Å². The summed E-state index contributed by atoms with van der Waals surface area (Å²) in [5.74, 6) is 0.821. The molecule has 0 bridgehead atoms. The lowest BCUT2D eigenvalue weighted by Crippen LogP contribution is -2.51. The maximum absolute atomic E-state index is 12.1. The summed E-state index contributed by atoms with van der Waals surface area (Å²) < 4.78 is 6.56. The van der Waals surface area contributed by atoms with Crippen molar-refractivity contribution in [1.82, 2.24) is 15.2 Å². The summed E-state index contributed by atoms with van der Waals surface area (Å²) in [5.41, 5.74) is 4.17. The zero-order valence-corrected chi connectivity index (χ0v) is 17.0. The highest BCUT2D eigenvalue weighted by atomic mass is 32.1. The van der Waals surface area contributed by atoms with Crippen LogP contribution in [0.15, 0.2) is 41.8 Å². The van der Waals surface area contributed by atoms with E-state index in [9.17, 15) is 4.79 Å². The molecular formula is C21H24N4O2S. The zero-order chi connectivity index (χ0) is 19.5. The van der Waals surface area contributed by atoms with Crippen LogP contribution in [0.2, 0.25) is 0 Å². The lowest BCUT2D eigenvalue weighted by atomic mass is 10.1. The summed E-state index contributed by atoms with van der Waals surface area (Å²) in [7, 11) is 1.67. The summed E-state index contributed by atoms with van der Waals surface area (Å²) in [6.07, 6.45) is 0. The Morgan fingerprint density at radius 1 is 1.21 bits per heavy atom. The highest BCUT2D eigenvalue weighted by molar-refractivity contribution is 7.17. The number of urea groups is 1. The van der Waals surface area contributed by atoms with E-state index < -0.39 is 0 Å². The van der Waals surface area contributed by atoms with E-state index in [1.807, 2.05) is 30.0 Å². The van der Waals surface area contributed by atoms with Gasteiger partial charge >= 0.3 is 6.03 Å². The molecule has 2 amide bonds. The van der Waals surface area contributed by atoms with Crippen LogP contribution in [0.4, 0.5) is 10.5 Å². The maximum Gasteiger partial charge on any atom is 0.317 e. The number of hydrogen-bond donors (Lipinski definition) is 1. The van der Waals surface area contributed by atoms with Gasteiger partial charge in [0.1, 0.15) is 5.75 Å². The highest BCUT2D eigenvalue weighted by Crippen LogP contribution is 2.35. The van der Waals surface area contributed by atoms with Crippen molar-refractivity contribution in [2.75, 3.05) is 44.7 Å². The van der Waals surface area contributed by atoms with E-state index in [0.717, 1.165) is 48.7 Å². The van der Waals surface area contributed by atoms with Crippen LogP contribution in [0, 0.1) is 0 Å². The summed E-state index contributed by atoms with van der Waals surface area (Å²) >= 11 is 1.71. The molecule has 1 aliphatic rings. The Balaban J connectivity index is 1.64.